The second kappa shape index (κ2) is 45.1. The highest BCUT2D eigenvalue weighted by atomic mass is 16.6. The Morgan fingerprint density at radius 1 is 0.375 bits per heavy atom. The van der Waals surface area contributed by atoms with Crippen LogP contribution in [0.4, 0.5) is 0 Å². The molecule has 6 heteroatoms. The van der Waals surface area contributed by atoms with Crippen molar-refractivity contribution in [2.24, 2.45) is 0 Å². The standard InChI is InChI=1S/C50H88O6/c1-4-7-10-13-16-19-22-23-24-25-26-27-29-31-34-37-40-43-49(52)55-46-47(45-54-48(51)42-39-36-33-30-21-18-15-12-9-6-3)56-50(53)44-41-38-35-32-28-20-17-14-11-8-5-2/h7,10,16,19,23-24,26-27,47H,4-6,8-9,11-15,17-18,20-22,25,28-46H2,1-3H3/b10-7-,19-16-,24-23-,27-26-. The summed E-state index contributed by atoms with van der Waals surface area (Å²) in [5.74, 6) is -0.902. The van der Waals surface area contributed by atoms with Crippen LogP contribution in [0.3, 0.4) is 0 Å². The van der Waals surface area contributed by atoms with Crippen LogP contribution < -0.4 is 0 Å². The summed E-state index contributed by atoms with van der Waals surface area (Å²) in [6.45, 7) is 6.48. The zero-order valence-electron chi connectivity index (χ0n) is 36.9. The number of esters is 3. The molecule has 0 saturated carbocycles. The summed E-state index contributed by atoms with van der Waals surface area (Å²) >= 11 is 0. The number of hydrogen-bond donors (Lipinski definition) is 0. The van der Waals surface area contributed by atoms with Gasteiger partial charge in [-0.2, -0.15) is 0 Å². The Balaban J connectivity index is 4.37. The molecule has 1 atom stereocenters. The first-order valence-corrected chi connectivity index (χ1v) is 23.6. The molecular weight excluding hydrogens is 697 g/mol. The fourth-order valence-corrected chi connectivity index (χ4v) is 6.55. The van der Waals surface area contributed by atoms with Gasteiger partial charge in [0.25, 0.3) is 0 Å². The number of rotatable bonds is 42. The van der Waals surface area contributed by atoms with Crippen molar-refractivity contribution in [2.75, 3.05) is 13.2 Å². The van der Waals surface area contributed by atoms with Gasteiger partial charge in [0.2, 0.25) is 0 Å². The number of unbranched alkanes of at least 4 members (excludes halogenated alkanes) is 23. The van der Waals surface area contributed by atoms with Crippen molar-refractivity contribution >= 4 is 17.9 Å². The minimum absolute atomic E-state index is 0.0782. The number of carbonyl (C=O) groups is 3. The second-order valence-electron chi connectivity index (χ2n) is 15.6. The van der Waals surface area contributed by atoms with Gasteiger partial charge in [0.1, 0.15) is 13.2 Å². The number of carbonyl (C=O) groups excluding carboxylic acids is 3. The number of hydrogen-bond acceptors (Lipinski definition) is 6. The van der Waals surface area contributed by atoms with Crippen LogP contribution in [0.2, 0.25) is 0 Å². The molecule has 0 radical (unpaired) electrons. The fraction of sp³-hybridized carbons (Fsp3) is 0.780. The number of ether oxygens (including phenoxy) is 3. The van der Waals surface area contributed by atoms with E-state index in [1.54, 1.807) is 0 Å². The van der Waals surface area contributed by atoms with Crippen molar-refractivity contribution < 1.29 is 28.6 Å². The van der Waals surface area contributed by atoms with E-state index < -0.39 is 6.10 Å². The maximum Gasteiger partial charge on any atom is 0.306 e. The molecule has 0 amide bonds. The molecule has 0 heterocycles. The topological polar surface area (TPSA) is 78.9 Å². The molecule has 0 fully saturated rings. The second-order valence-corrected chi connectivity index (χ2v) is 15.6. The van der Waals surface area contributed by atoms with E-state index in [2.05, 4.69) is 69.4 Å². The molecule has 56 heavy (non-hydrogen) atoms. The van der Waals surface area contributed by atoms with Crippen LogP contribution in [0.25, 0.3) is 0 Å². The quantitative estimate of drug-likeness (QED) is 0.0265. The third kappa shape index (κ3) is 42.5. The smallest absolute Gasteiger partial charge is 0.306 e. The molecule has 324 valence electrons. The zero-order chi connectivity index (χ0) is 40.8. The van der Waals surface area contributed by atoms with Gasteiger partial charge in [0.05, 0.1) is 0 Å². The van der Waals surface area contributed by atoms with Gasteiger partial charge >= 0.3 is 17.9 Å². The van der Waals surface area contributed by atoms with E-state index in [9.17, 15) is 14.4 Å². The Hall–Kier alpha value is -2.63. The lowest BCUT2D eigenvalue weighted by molar-refractivity contribution is -0.167. The van der Waals surface area contributed by atoms with Gasteiger partial charge in [-0.15, -0.1) is 0 Å². The zero-order valence-corrected chi connectivity index (χ0v) is 36.9. The van der Waals surface area contributed by atoms with E-state index in [-0.39, 0.29) is 31.1 Å². The molecule has 0 rings (SSSR count). The Bertz CT molecular complexity index is 996. The van der Waals surface area contributed by atoms with Gasteiger partial charge in [-0.3, -0.25) is 14.4 Å². The van der Waals surface area contributed by atoms with Crippen LogP contribution >= 0.6 is 0 Å². The lowest BCUT2D eigenvalue weighted by Crippen LogP contribution is -2.30. The van der Waals surface area contributed by atoms with E-state index >= 15 is 0 Å². The summed E-state index contributed by atoms with van der Waals surface area (Å²) in [6.07, 6.45) is 52.3. The van der Waals surface area contributed by atoms with E-state index in [4.69, 9.17) is 14.2 Å². The van der Waals surface area contributed by atoms with Gasteiger partial charge in [0, 0.05) is 19.3 Å². The van der Waals surface area contributed by atoms with Crippen molar-refractivity contribution in [1.82, 2.24) is 0 Å². The molecule has 0 saturated heterocycles. The summed E-state index contributed by atoms with van der Waals surface area (Å²) in [4.78, 5) is 37.7. The lowest BCUT2D eigenvalue weighted by atomic mass is 10.1. The maximum atomic E-state index is 12.7. The van der Waals surface area contributed by atoms with Crippen molar-refractivity contribution in [3.05, 3.63) is 48.6 Å². The molecule has 0 aliphatic rings. The molecule has 6 nitrogen and oxygen atoms in total. The number of allylic oxidation sites excluding steroid dienone is 8. The Morgan fingerprint density at radius 2 is 0.696 bits per heavy atom. The SMILES string of the molecule is CC/C=C\C/C=C\C/C=C\C/C=C\CCCCCCC(=O)OCC(COC(=O)CCCCCCCCCCCC)OC(=O)CCCCCCCCCCCCC. The molecule has 0 bridgehead atoms. The highest BCUT2D eigenvalue weighted by Gasteiger charge is 2.19. The average Bonchev–Trinajstić information content (AvgIpc) is 3.19. The fourth-order valence-electron chi connectivity index (χ4n) is 6.55. The monoisotopic (exact) mass is 785 g/mol. The van der Waals surface area contributed by atoms with E-state index in [1.165, 1.54) is 96.3 Å². The molecule has 0 aromatic rings. The molecule has 0 aliphatic carbocycles. The third-order valence-corrected chi connectivity index (χ3v) is 10.1. The van der Waals surface area contributed by atoms with Crippen molar-refractivity contribution in [3.8, 4) is 0 Å². The first-order chi connectivity index (χ1) is 27.5. The minimum Gasteiger partial charge on any atom is -0.462 e. The van der Waals surface area contributed by atoms with Crippen LogP contribution in [0.1, 0.15) is 233 Å². The molecule has 0 N–H and O–H groups in total. The van der Waals surface area contributed by atoms with Crippen molar-refractivity contribution in [2.45, 2.75) is 239 Å². The van der Waals surface area contributed by atoms with E-state index in [1.807, 2.05) is 0 Å². The Kier molecular flexibility index (Phi) is 43.0. The molecule has 0 aromatic carbocycles. The first kappa shape index (κ1) is 53.4. The van der Waals surface area contributed by atoms with Gasteiger partial charge in [-0.25, -0.2) is 0 Å². The predicted molar refractivity (Wildman–Crippen MR) is 238 cm³/mol. The Labute approximate surface area is 346 Å². The molecule has 0 spiro atoms. The first-order valence-electron chi connectivity index (χ1n) is 23.6. The van der Waals surface area contributed by atoms with Crippen LogP contribution in [0.5, 0.6) is 0 Å². The summed E-state index contributed by atoms with van der Waals surface area (Å²) in [5, 5.41) is 0. The van der Waals surface area contributed by atoms with Gasteiger partial charge in [-0.1, -0.05) is 204 Å². The lowest BCUT2D eigenvalue weighted by Gasteiger charge is -2.18. The Morgan fingerprint density at radius 3 is 1.09 bits per heavy atom. The van der Waals surface area contributed by atoms with Crippen LogP contribution in [0, 0.1) is 0 Å². The predicted octanol–water partition coefficient (Wildman–Crippen LogP) is 15.1. The average molecular weight is 785 g/mol. The van der Waals surface area contributed by atoms with Gasteiger partial charge in [0.15, 0.2) is 6.10 Å². The van der Waals surface area contributed by atoms with Crippen LogP contribution in [-0.2, 0) is 28.6 Å². The largest absolute Gasteiger partial charge is 0.462 e. The normalized spacial score (nSPS) is 12.4. The molecular formula is C50H88O6. The van der Waals surface area contributed by atoms with E-state index in [0.29, 0.717) is 19.3 Å². The minimum atomic E-state index is -0.776. The molecule has 1 unspecified atom stereocenters. The summed E-state index contributed by atoms with van der Waals surface area (Å²) in [6, 6.07) is 0. The van der Waals surface area contributed by atoms with Crippen LogP contribution in [-0.4, -0.2) is 37.2 Å². The third-order valence-electron chi connectivity index (χ3n) is 10.1. The summed E-state index contributed by atoms with van der Waals surface area (Å²) in [5.41, 5.74) is 0. The highest BCUT2D eigenvalue weighted by molar-refractivity contribution is 5.71. The molecule has 0 aliphatic heterocycles. The summed E-state index contributed by atoms with van der Waals surface area (Å²) < 4.78 is 16.7. The van der Waals surface area contributed by atoms with Gasteiger partial charge < -0.3 is 14.2 Å². The highest BCUT2D eigenvalue weighted by Crippen LogP contribution is 2.14. The van der Waals surface area contributed by atoms with E-state index in [0.717, 1.165) is 96.3 Å². The summed E-state index contributed by atoms with van der Waals surface area (Å²) in [7, 11) is 0. The van der Waals surface area contributed by atoms with Gasteiger partial charge in [-0.05, 0) is 57.8 Å². The van der Waals surface area contributed by atoms with Crippen molar-refractivity contribution in [1.29, 1.82) is 0 Å². The molecule has 0 aromatic heterocycles. The maximum absolute atomic E-state index is 12.7. The van der Waals surface area contributed by atoms with Crippen molar-refractivity contribution in [3.63, 3.8) is 0 Å². The van der Waals surface area contributed by atoms with Crippen LogP contribution in [0.15, 0.2) is 48.6 Å².